The third kappa shape index (κ3) is 5.56. The zero-order chi connectivity index (χ0) is 30.7. The van der Waals surface area contributed by atoms with Crippen molar-refractivity contribution in [1.82, 2.24) is 0 Å². The number of rotatable bonds is 9. The molecule has 1 aliphatic heterocycles. The van der Waals surface area contributed by atoms with Gasteiger partial charge in [0.15, 0.2) is 0 Å². The van der Waals surface area contributed by atoms with Gasteiger partial charge in [-0.05, 0) is 93.1 Å². The average Bonchev–Trinajstić information content (AvgIpc) is 3.27. The van der Waals surface area contributed by atoms with Gasteiger partial charge in [-0.25, -0.2) is 4.79 Å². The molecule has 2 N–H and O–H groups in total. The van der Waals surface area contributed by atoms with Gasteiger partial charge in [0.25, 0.3) is 0 Å². The monoisotopic (exact) mass is 576 g/mol. The summed E-state index contributed by atoms with van der Waals surface area (Å²) in [6.45, 7) is 10.9. The van der Waals surface area contributed by atoms with Crippen LogP contribution >= 0.6 is 0 Å². The molecule has 8 nitrogen and oxygen atoms in total. The summed E-state index contributed by atoms with van der Waals surface area (Å²) in [5.74, 6) is -0.757. The number of nitrogens with zero attached hydrogens (tertiary/aromatic N) is 2. The molecular weight excluding hydrogens is 540 g/mol. The summed E-state index contributed by atoms with van der Waals surface area (Å²) in [5.41, 5.74) is 5.48. The second-order valence-electron chi connectivity index (χ2n) is 10.5. The number of carbonyl (C=O) groups is 3. The van der Waals surface area contributed by atoms with E-state index in [-0.39, 0.29) is 11.8 Å². The molecular formula is C35H36N4O4. The molecule has 5 rings (SSSR count). The van der Waals surface area contributed by atoms with Crippen molar-refractivity contribution >= 4 is 46.2 Å². The van der Waals surface area contributed by atoms with Crippen LogP contribution < -0.4 is 20.4 Å². The molecule has 0 saturated carbocycles. The van der Waals surface area contributed by atoms with E-state index < -0.39 is 11.7 Å². The van der Waals surface area contributed by atoms with E-state index in [1.807, 2.05) is 84.6 Å². The van der Waals surface area contributed by atoms with Crippen LogP contribution in [0.5, 0.6) is 0 Å². The number of anilines is 5. The van der Waals surface area contributed by atoms with Gasteiger partial charge in [0.2, 0.25) is 17.5 Å². The second-order valence-corrected chi connectivity index (χ2v) is 10.5. The van der Waals surface area contributed by atoms with Crippen LogP contribution in [0, 0.1) is 6.92 Å². The molecule has 1 unspecified atom stereocenters. The number of aryl methyl sites for hydroxylation is 1. The van der Waals surface area contributed by atoms with E-state index in [4.69, 9.17) is 4.74 Å². The van der Waals surface area contributed by atoms with Gasteiger partial charge in [0, 0.05) is 66.5 Å². The summed E-state index contributed by atoms with van der Waals surface area (Å²) >= 11 is 0. The molecule has 0 aliphatic carbocycles. The Labute approximate surface area is 252 Å². The Kier molecular flexibility index (Phi) is 8.21. The van der Waals surface area contributed by atoms with Gasteiger partial charge >= 0.3 is 5.97 Å². The summed E-state index contributed by atoms with van der Waals surface area (Å²) in [5, 5.41) is 5.64. The first-order chi connectivity index (χ1) is 20.7. The number of fused-ring (bicyclic) bond motifs is 1. The molecule has 2 amide bonds. The number of hydrogen-bond acceptors (Lipinski definition) is 6. The fraction of sp³-hybridized carbons (Fsp3) is 0.229. The highest BCUT2D eigenvalue weighted by atomic mass is 16.6. The van der Waals surface area contributed by atoms with Crippen LogP contribution in [0.3, 0.4) is 0 Å². The van der Waals surface area contributed by atoms with Crippen LogP contribution in [0.1, 0.15) is 54.7 Å². The molecule has 1 heterocycles. The van der Waals surface area contributed by atoms with Crippen molar-refractivity contribution in [2.45, 2.75) is 40.3 Å². The molecule has 8 heteroatoms. The van der Waals surface area contributed by atoms with Gasteiger partial charge in [0.05, 0.1) is 5.56 Å². The van der Waals surface area contributed by atoms with E-state index >= 15 is 0 Å². The quantitative estimate of drug-likeness (QED) is 0.209. The molecule has 1 aliphatic rings. The normalized spacial score (nSPS) is 15.3. The number of amides is 2. The lowest BCUT2D eigenvalue weighted by Crippen LogP contribution is -2.45. The molecule has 0 saturated heterocycles. The van der Waals surface area contributed by atoms with E-state index in [0.717, 1.165) is 46.8 Å². The minimum atomic E-state index is -1.36. The molecule has 220 valence electrons. The highest BCUT2D eigenvalue weighted by Crippen LogP contribution is 2.51. The van der Waals surface area contributed by atoms with Gasteiger partial charge in [-0.15, -0.1) is 0 Å². The van der Waals surface area contributed by atoms with Gasteiger partial charge in [-0.2, -0.15) is 0 Å². The zero-order valence-corrected chi connectivity index (χ0v) is 25.1. The van der Waals surface area contributed by atoms with Gasteiger partial charge < -0.3 is 20.3 Å². The molecule has 0 aromatic heterocycles. The average molecular weight is 577 g/mol. The standard InChI is InChI=1S/C35H36N4O4/c1-6-38(7-2)30-20-21-32(23(3)22-30)35(33-11-9-8-10-31(33)34(42)43-35)39(28-16-12-26(13-17-28)36-24(4)40)29-18-14-27(15-19-29)37-25(5)41/h8-22H,6-7H2,1-5H3,(H,36,40)(H,37,41). The fourth-order valence-electron chi connectivity index (χ4n) is 5.81. The second kappa shape index (κ2) is 12.0. The highest BCUT2D eigenvalue weighted by Gasteiger charge is 2.53. The fourth-order valence-corrected chi connectivity index (χ4v) is 5.81. The summed E-state index contributed by atoms with van der Waals surface area (Å²) in [7, 11) is 0. The maximum atomic E-state index is 13.6. The zero-order valence-electron chi connectivity index (χ0n) is 25.1. The molecule has 1 atom stereocenters. The van der Waals surface area contributed by atoms with Crippen molar-refractivity contribution in [3.63, 3.8) is 0 Å². The van der Waals surface area contributed by atoms with Gasteiger partial charge in [-0.3, -0.25) is 14.5 Å². The van der Waals surface area contributed by atoms with E-state index in [9.17, 15) is 14.4 Å². The van der Waals surface area contributed by atoms with Gasteiger partial charge in [-0.1, -0.05) is 24.3 Å². The first-order valence-electron chi connectivity index (χ1n) is 14.4. The number of carbonyl (C=O) groups excluding carboxylic acids is 3. The molecule has 4 aromatic rings. The first kappa shape index (κ1) is 29.4. The van der Waals surface area contributed by atoms with Crippen LogP contribution in [0.15, 0.2) is 91.0 Å². The predicted molar refractivity (Wildman–Crippen MR) is 171 cm³/mol. The van der Waals surface area contributed by atoms with E-state index in [1.54, 1.807) is 6.07 Å². The van der Waals surface area contributed by atoms with Crippen LogP contribution in [-0.4, -0.2) is 30.9 Å². The van der Waals surface area contributed by atoms with Crippen molar-refractivity contribution in [3.8, 4) is 0 Å². The third-order valence-corrected chi connectivity index (χ3v) is 7.66. The highest BCUT2D eigenvalue weighted by molar-refractivity contribution is 5.97. The lowest BCUT2D eigenvalue weighted by molar-refractivity contribution is -0.115. The van der Waals surface area contributed by atoms with Crippen molar-refractivity contribution in [2.75, 3.05) is 33.5 Å². The minimum absolute atomic E-state index is 0.169. The number of benzene rings is 4. The Morgan fingerprint density at radius 2 is 1.23 bits per heavy atom. The molecule has 0 fully saturated rings. The molecule has 4 aromatic carbocycles. The van der Waals surface area contributed by atoms with E-state index in [0.29, 0.717) is 16.9 Å². The third-order valence-electron chi connectivity index (χ3n) is 7.66. The topological polar surface area (TPSA) is 91.0 Å². The Morgan fingerprint density at radius 3 is 1.72 bits per heavy atom. The van der Waals surface area contributed by atoms with Crippen molar-refractivity contribution < 1.29 is 19.1 Å². The molecule has 43 heavy (non-hydrogen) atoms. The van der Waals surface area contributed by atoms with Crippen LogP contribution in [0.4, 0.5) is 28.4 Å². The van der Waals surface area contributed by atoms with Crippen molar-refractivity contribution in [3.05, 3.63) is 113 Å². The van der Waals surface area contributed by atoms with E-state index in [1.165, 1.54) is 13.8 Å². The number of esters is 1. The lowest BCUT2D eigenvalue weighted by Gasteiger charge is -2.43. The minimum Gasteiger partial charge on any atom is -0.426 e. The first-order valence-corrected chi connectivity index (χ1v) is 14.4. The molecule has 0 spiro atoms. The summed E-state index contributed by atoms with van der Waals surface area (Å²) in [4.78, 5) is 41.3. The Bertz CT molecular complexity index is 1600. The number of hydrogen-bond donors (Lipinski definition) is 2. The maximum Gasteiger partial charge on any atom is 0.341 e. The smallest absolute Gasteiger partial charge is 0.341 e. The largest absolute Gasteiger partial charge is 0.426 e. The number of nitrogens with one attached hydrogen (secondary N) is 2. The molecule has 0 radical (unpaired) electrons. The van der Waals surface area contributed by atoms with Crippen LogP contribution in [-0.2, 0) is 20.1 Å². The SMILES string of the molecule is CCN(CC)c1ccc(C2(N(c3ccc(NC(C)=O)cc3)c3ccc(NC(C)=O)cc3)OC(=O)c3ccccc32)c(C)c1. The van der Waals surface area contributed by atoms with Crippen molar-refractivity contribution in [1.29, 1.82) is 0 Å². The summed E-state index contributed by atoms with van der Waals surface area (Å²) in [6.07, 6.45) is 0. The summed E-state index contributed by atoms with van der Waals surface area (Å²) in [6, 6.07) is 28.6. The maximum absolute atomic E-state index is 13.6. The Hall–Kier alpha value is -5.11. The van der Waals surface area contributed by atoms with Crippen LogP contribution in [0.2, 0.25) is 0 Å². The Morgan fingerprint density at radius 1 is 0.721 bits per heavy atom. The van der Waals surface area contributed by atoms with Gasteiger partial charge in [0.1, 0.15) is 0 Å². The number of ether oxygens (including phenoxy) is 1. The number of cyclic esters (lactones) is 1. The lowest BCUT2D eigenvalue weighted by atomic mass is 9.87. The van der Waals surface area contributed by atoms with Crippen LogP contribution in [0.25, 0.3) is 0 Å². The van der Waals surface area contributed by atoms with E-state index in [2.05, 4.69) is 41.5 Å². The summed E-state index contributed by atoms with van der Waals surface area (Å²) < 4.78 is 6.53. The molecule has 0 bridgehead atoms. The van der Waals surface area contributed by atoms with Crippen molar-refractivity contribution in [2.24, 2.45) is 0 Å². The Balaban J connectivity index is 1.78. The predicted octanol–water partition coefficient (Wildman–Crippen LogP) is 6.97.